The van der Waals surface area contributed by atoms with E-state index in [1.54, 1.807) is 0 Å². The minimum Gasteiger partial charge on any atom is -0.547 e. The van der Waals surface area contributed by atoms with Crippen LogP contribution in [0.5, 0.6) is 0 Å². The second-order valence-electron chi connectivity index (χ2n) is 11.8. The van der Waals surface area contributed by atoms with Gasteiger partial charge in [-0.15, -0.1) is 0 Å². The highest BCUT2D eigenvalue weighted by atomic mass is 28.4. The van der Waals surface area contributed by atoms with Crippen LogP contribution in [0.3, 0.4) is 0 Å². The number of ketones is 2. The Hall–Kier alpha value is -1.94. The lowest BCUT2D eigenvalue weighted by molar-refractivity contribution is -0.0145. The topological polar surface area (TPSA) is 43.4 Å². The highest BCUT2D eigenvalue weighted by Gasteiger charge is 2.73. The van der Waals surface area contributed by atoms with Crippen LogP contribution in [-0.2, 0) is 4.43 Å². The fourth-order valence-electron chi connectivity index (χ4n) is 6.86. The van der Waals surface area contributed by atoms with E-state index in [9.17, 15) is 9.59 Å². The first-order valence-electron chi connectivity index (χ1n) is 11.7. The molecule has 0 radical (unpaired) electrons. The van der Waals surface area contributed by atoms with Crippen molar-refractivity contribution in [2.45, 2.75) is 71.5 Å². The molecule has 0 heterocycles. The zero-order valence-corrected chi connectivity index (χ0v) is 20.7. The van der Waals surface area contributed by atoms with Crippen molar-refractivity contribution in [3.8, 4) is 0 Å². The molecular formula is C27H34O3Si. The monoisotopic (exact) mass is 434 g/mol. The molecule has 4 aliphatic carbocycles. The first-order valence-corrected chi connectivity index (χ1v) is 14.6. The molecule has 0 aromatic heterocycles. The number of rotatable bonds is 2. The van der Waals surface area contributed by atoms with Crippen LogP contribution in [0.2, 0.25) is 18.1 Å². The van der Waals surface area contributed by atoms with Gasteiger partial charge >= 0.3 is 0 Å². The Bertz CT molecular complexity index is 1060. The van der Waals surface area contributed by atoms with Crippen LogP contribution in [0.15, 0.2) is 47.7 Å². The minimum atomic E-state index is -2.05. The second-order valence-corrected chi connectivity index (χ2v) is 16.5. The molecule has 31 heavy (non-hydrogen) atoms. The van der Waals surface area contributed by atoms with Gasteiger partial charge in [0.05, 0.1) is 16.6 Å². The van der Waals surface area contributed by atoms with E-state index in [1.807, 2.05) is 24.3 Å². The highest BCUT2D eigenvalue weighted by Crippen LogP contribution is 2.71. The van der Waals surface area contributed by atoms with Gasteiger partial charge < -0.3 is 4.43 Å². The molecule has 1 spiro atoms. The first kappa shape index (κ1) is 20.9. The molecule has 0 N–H and O–H groups in total. The van der Waals surface area contributed by atoms with Gasteiger partial charge in [0.25, 0.3) is 0 Å². The van der Waals surface area contributed by atoms with Gasteiger partial charge in [-0.05, 0) is 62.2 Å². The molecular weight excluding hydrogens is 400 g/mol. The number of hydrogen-bond donors (Lipinski definition) is 0. The molecule has 1 aromatic carbocycles. The maximum Gasteiger partial charge on any atom is 0.250 e. The van der Waals surface area contributed by atoms with Crippen molar-refractivity contribution < 1.29 is 14.0 Å². The van der Waals surface area contributed by atoms with Crippen molar-refractivity contribution in [2.24, 2.45) is 22.7 Å². The molecule has 3 nitrogen and oxygen atoms in total. The summed E-state index contributed by atoms with van der Waals surface area (Å²) >= 11 is 0. The van der Waals surface area contributed by atoms with Crippen LogP contribution in [0.1, 0.15) is 74.1 Å². The van der Waals surface area contributed by atoms with Crippen molar-refractivity contribution in [3.05, 3.63) is 58.9 Å². The third kappa shape index (κ3) is 2.51. The minimum absolute atomic E-state index is 0.0696. The maximum absolute atomic E-state index is 14.3. The highest BCUT2D eigenvalue weighted by molar-refractivity contribution is 6.74. The van der Waals surface area contributed by atoms with E-state index in [4.69, 9.17) is 4.43 Å². The van der Waals surface area contributed by atoms with Gasteiger partial charge in [0.15, 0.2) is 11.6 Å². The standard InChI is InChI=1S/C27H34O3Si/c1-17-13-18-11-12-19-14-20(30-31(5,6)25(2,3)4)16-26(15-17)23(28)21-9-7-8-10-22(21)24(29)27(18,19)26/h7-10,13-14,18-19H,11-12,15-16H2,1-6H3/t18-,19-,26+,27?/m0/s1. The maximum atomic E-state index is 14.3. The lowest BCUT2D eigenvalue weighted by atomic mass is 9.41. The molecule has 4 aliphatic rings. The molecule has 5 rings (SSSR count). The van der Waals surface area contributed by atoms with Crippen molar-refractivity contribution in [1.29, 1.82) is 0 Å². The van der Waals surface area contributed by atoms with Gasteiger partial charge in [0, 0.05) is 17.5 Å². The Balaban J connectivity index is 1.72. The predicted molar refractivity (Wildman–Crippen MR) is 126 cm³/mol. The van der Waals surface area contributed by atoms with E-state index < -0.39 is 19.1 Å². The van der Waals surface area contributed by atoms with Crippen LogP contribution >= 0.6 is 0 Å². The van der Waals surface area contributed by atoms with Gasteiger partial charge in [0.1, 0.15) is 0 Å². The molecule has 0 bridgehead atoms. The Morgan fingerprint density at radius 3 is 2.13 bits per heavy atom. The smallest absolute Gasteiger partial charge is 0.250 e. The zero-order valence-electron chi connectivity index (χ0n) is 19.7. The largest absolute Gasteiger partial charge is 0.547 e. The number of hydrogen-bond acceptors (Lipinski definition) is 3. The third-order valence-corrected chi connectivity index (χ3v) is 13.5. The van der Waals surface area contributed by atoms with Crippen molar-refractivity contribution in [2.75, 3.05) is 0 Å². The SMILES string of the molecule is CC1=C[C@@H]2CC[C@H]3C=C(O[Si](C)(C)C(C)(C)C)C[C@]4(C1)C(=O)c1ccccc1C(=O)C234. The van der Waals surface area contributed by atoms with Crippen LogP contribution in [0, 0.1) is 22.7 Å². The summed E-state index contributed by atoms with van der Waals surface area (Å²) < 4.78 is 6.81. The van der Waals surface area contributed by atoms with Crippen LogP contribution in [0.4, 0.5) is 0 Å². The summed E-state index contributed by atoms with van der Waals surface area (Å²) in [5, 5.41) is 0.0830. The Kier molecular flexibility index (Phi) is 4.26. The number of benzene rings is 1. The quantitative estimate of drug-likeness (QED) is 0.383. The number of Topliss-reactive ketones (excluding diaryl/α,β-unsaturated/α-hetero) is 2. The van der Waals surface area contributed by atoms with Crippen LogP contribution in [-0.4, -0.2) is 19.9 Å². The second kappa shape index (κ2) is 6.31. The molecule has 1 aromatic rings. The summed E-state index contributed by atoms with van der Waals surface area (Å²) in [4.78, 5) is 28.5. The van der Waals surface area contributed by atoms with Gasteiger partial charge in [-0.25, -0.2) is 0 Å². The molecule has 4 heteroatoms. The average Bonchev–Trinajstić information content (AvgIpc) is 3.04. The number of carbonyl (C=O) groups is 2. The summed E-state index contributed by atoms with van der Waals surface area (Å²) in [7, 11) is -2.05. The molecule has 164 valence electrons. The van der Waals surface area contributed by atoms with Crippen molar-refractivity contribution >= 4 is 19.9 Å². The molecule has 1 unspecified atom stereocenters. The summed E-state index contributed by atoms with van der Waals surface area (Å²) in [5.74, 6) is 1.53. The van der Waals surface area contributed by atoms with Gasteiger partial charge in [0.2, 0.25) is 8.32 Å². The lowest BCUT2D eigenvalue weighted by Crippen LogP contribution is -2.63. The average molecular weight is 435 g/mol. The van der Waals surface area contributed by atoms with Gasteiger partial charge in [-0.3, -0.25) is 9.59 Å². The molecule has 4 atom stereocenters. The zero-order chi connectivity index (χ0) is 22.4. The van der Waals surface area contributed by atoms with E-state index in [-0.39, 0.29) is 28.4 Å². The summed E-state index contributed by atoms with van der Waals surface area (Å²) in [6.07, 6.45) is 7.70. The number of fused-ring (bicyclic) bond motifs is 1. The lowest BCUT2D eigenvalue weighted by Gasteiger charge is -2.59. The van der Waals surface area contributed by atoms with E-state index in [0.717, 1.165) is 18.6 Å². The van der Waals surface area contributed by atoms with E-state index in [1.165, 1.54) is 5.57 Å². The van der Waals surface area contributed by atoms with Gasteiger partial charge in [-0.2, -0.15) is 0 Å². The van der Waals surface area contributed by atoms with Crippen LogP contribution < -0.4 is 0 Å². The normalized spacial score (nSPS) is 34.4. The van der Waals surface area contributed by atoms with Crippen molar-refractivity contribution in [1.82, 2.24) is 0 Å². The molecule has 0 amide bonds. The Morgan fingerprint density at radius 1 is 0.935 bits per heavy atom. The summed E-state index contributed by atoms with van der Waals surface area (Å²) in [6, 6.07) is 7.50. The Labute approximate surface area is 187 Å². The summed E-state index contributed by atoms with van der Waals surface area (Å²) in [5.41, 5.74) is 1.14. The molecule has 0 aliphatic heterocycles. The number of carbonyl (C=O) groups excluding carboxylic acids is 2. The van der Waals surface area contributed by atoms with E-state index in [2.05, 4.69) is 52.9 Å². The molecule has 1 saturated carbocycles. The summed E-state index contributed by atoms with van der Waals surface area (Å²) in [6.45, 7) is 13.4. The Morgan fingerprint density at radius 2 is 1.52 bits per heavy atom. The fourth-order valence-corrected chi connectivity index (χ4v) is 7.96. The first-order chi connectivity index (χ1) is 14.4. The van der Waals surface area contributed by atoms with E-state index in [0.29, 0.717) is 24.0 Å². The predicted octanol–water partition coefficient (Wildman–Crippen LogP) is 6.72. The molecule has 0 saturated heterocycles. The fraction of sp³-hybridized carbons (Fsp3) is 0.556. The molecule has 1 fully saturated rings. The number of allylic oxidation sites excluding steroid dienone is 4. The van der Waals surface area contributed by atoms with Crippen LogP contribution in [0.25, 0.3) is 0 Å². The van der Waals surface area contributed by atoms with Gasteiger partial charge in [-0.1, -0.05) is 56.7 Å². The third-order valence-electron chi connectivity index (χ3n) is 9.10. The van der Waals surface area contributed by atoms with Crippen molar-refractivity contribution in [3.63, 3.8) is 0 Å². The van der Waals surface area contributed by atoms with E-state index >= 15 is 0 Å².